The van der Waals surface area contributed by atoms with Crippen LogP contribution >= 0.6 is 17.8 Å². The van der Waals surface area contributed by atoms with Crippen molar-refractivity contribution < 1.29 is 0 Å². The summed E-state index contributed by atoms with van der Waals surface area (Å²) >= 11 is -2.75. The molecular formula is C10H18Cl2Sn. The fourth-order valence-corrected chi connectivity index (χ4v) is 7.37. The van der Waals surface area contributed by atoms with Crippen molar-refractivity contribution >= 4 is 34.0 Å². The Hall–Kier alpha value is 0.859. The quantitative estimate of drug-likeness (QED) is 0.512. The second-order valence-electron chi connectivity index (χ2n) is 3.83. The van der Waals surface area contributed by atoms with Crippen LogP contribution in [0.4, 0.5) is 0 Å². The van der Waals surface area contributed by atoms with Gasteiger partial charge in [-0.05, 0) is 0 Å². The second kappa shape index (κ2) is 6.36. The molecule has 0 bridgehead atoms. The minimum atomic E-state index is -2.75. The van der Waals surface area contributed by atoms with E-state index in [1.807, 2.05) is 0 Å². The van der Waals surface area contributed by atoms with Crippen LogP contribution < -0.4 is 0 Å². The zero-order valence-electron chi connectivity index (χ0n) is 8.82. The summed E-state index contributed by atoms with van der Waals surface area (Å²) in [6.45, 7) is 8.32. The Labute approximate surface area is 93.3 Å². The molecule has 0 aliphatic heterocycles. The number of hydrogen-bond donors (Lipinski definition) is 0. The van der Waals surface area contributed by atoms with Gasteiger partial charge in [-0.3, -0.25) is 0 Å². The molecule has 0 rings (SSSR count). The van der Waals surface area contributed by atoms with Crippen LogP contribution in [0.2, 0.25) is 8.87 Å². The van der Waals surface area contributed by atoms with E-state index in [1.54, 1.807) is 0 Å². The van der Waals surface area contributed by atoms with E-state index >= 15 is 0 Å². The Kier molecular flexibility index (Phi) is 6.78. The maximum atomic E-state index is 6.31. The van der Waals surface area contributed by atoms with Crippen LogP contribution in [-0.4, -0.2) is 16.1 Å². The molecule has 0 unspecified atom stereocenters. The van der Waals surface area contributed by atoms with Crippen molar-refractivity contribution in [1.82, 2.24) is 0 Å². The van der Waals surface area contributed by atoms with Crippen LogP contribution in [0.5, 0.6) is 0 Å². The van der Waals surface area contributed by atoms with E-state index in [9.17, 15) is 0 Å². The van der Waals surface area contributed by atoms with Crippen LogP contribution in [0.3, 0.4) is 0 Å². The monoisotopic (exact) mass is 328 g/mol. The minimum absolute atomic E-state index is 0.921. The van der Waals surface area contributed by atoms with E-state index in [2.05, 4.69) is 39.8 Å². The number of allylic oxidation sites excluding steroid dienone is 4. The molecule has 3 heteroatoms. The van der Waals surface area contributed by atoms with Gasteiger partial charge in [0, 0.05) is 0 Å². The van der Waals surface area contributed by atoms with E-state index in [0.717, 1.165) is 8.87 Å². The summed E-state index contributed by atoms with van der Waals surface area (Å²) in [6, 6.07) is 0. The molecular weight excluding hydrogens is 310 g/mol. The van der Waals surface area contributed by atoms with Gasteiger partial charge >= 0.3 is 93.8 Å². The van der Waals surface area contributed by atoms with Crippen molar-refractivity contribution in [1.29, 1.82) is 0 Å². The zero-order valence-corrected chi connectivity index (χ0v) is 13.2. The Morgan fingerprint density at radius 2 is 1.23 bits per heavy atom. The van der Waals surface area contributed by atoms with Gasteiger partial charge in [0.2, 0.25) is 0 Å². The Morgan fingerprint density at radius 1 is 0.923 bits per heavy atom. The molecule has 0 aromatic rings. The number of hydrogen-bond acceptors (Lipinski definition) is 0. The molecule has 0 heterocycles. The van der Waals surface area contributed by atoms with Gasteiger partial charge in [-0.1, -0.05) is 0 Å². The Morgan fingerprint density at radius 3 is 1.46 bits per heavy atom. The first-order valence-corrected chi connectivity index (χ1v) is 15.7. The molecule has 0 aliphatic rings. The molecule has 76 valence electrons. The first kappa shape index (κ1) is 13.9. The molecule has 0 spiro atoms. The molecule has 0 saturated heterocycles. The van der Waals surface area contributed by atoms with E-state index < -0.39 is 16.1 Å². The third-order valence-electron chi connectivity index (χ3n) is 1.62. The number of halogens is 2. The molecule has 0 amide bonds. The van der Waals surface area contributed by atoms with Gasteiger partial charge in [0.25, 0.3) is 0 Å². The van der Waals surface area contributed by atoms with Gasteiger partial charge in [-0.2, -0.15) is 0 Å². The van der Waals surface area contributed by atoms with E-state index in [4.69, 9.17) is 17.8 Å². The van der Waals surface area contributed by atoms with Crippen molar-refractivity contribution in [3.05, 3.63) is 23.3 Å². The molecule has 0 atom stereocenters. The zero-order chi connectivity index (χ0) is 10.5. The summed E-state index contributed by atoms with van der Waals surface area (Å²) in [6.07, 6.45) is 4.32. The van der Waals surface area contributed by atoms with Gasteiger partial charge in [0.15, 0.2) is 0 Å². The van der Waals surface area contributed by atoms with E-state index in [0.29, 0.717) is 0 Å². The van der Waals surface area contributed by atoms with Crippen LogP contribution in [0.25, 0.3) is 0 Å². The third kappa shape index (κ3) is 9.17. The first-order chi connectivity index (χ1) is 5.83. The van der Waals surface area contributed by atoms with Gasteiger partial charge in [-0.15, -0.1) is 0 Å². The van der Waals surface area contributed by atoms with Gasteiger partial charge < -0.3 is 0 Å². The SMILES string of the molecule is CC(C)=C[CH2][Sn]([Cl])([Cl])[CH2]C=C(C)C. The normalized spacial score (nSPS) is 10.9. The maximum absolute atomic E-state index is 6.31. The summed E-state index contributed by atoms with van der Waals surface area (Å²) < 4.78 is 1.84. The predicted octanol–water partition coefficient (Wildman–Crippen LogP) is 4.84. The average Bonchev–Trinajstić information content (AvgIpc) is 1.98. The molecule has 0 N–H and O–H groups in total. The fraction of sp³-hybridized carbons (Fsp3) is 0.600. The second-order valence-corrected chi connectivity index (χ2v) is 22.0. The summed E-state index contributed by atoms with van der Waals surface area (Å²) in [5.41, 5.74) is 2.61. The van der Waals surface area contributed by atoms with E-state index in [1.165, 1.54) is 11.1 Å². The summed E-state index contributed by atoms with van der Waals surface area (Å²) in [5.74, 6) is 0. The molecule has 0 fully saturated rings. The van der Waals surface area contributed by atoms with Gasteiger partial charge in [0.05, 0.1) is 0 Å². The first-order valence-electron chi connectivity index (χ1n) is 4.48. The topological polar surface area (TPSA) is 0 Å². The average molecular weight is 328 g/mol. The van der Waals surface area contributed by atoms with Crippen molar-refractivity contribution in [2.24, 2.45) is 0 Å². The van der Waals surface area contributed by atoms with Gasteiger partial charge in [-0.25, -0.2) is 0 Å². The summed E-state index contributed by atoms with van der Waals surface area (Å²) in [7, 11) is 12.6. The fourth-order valence-electron chi connectivity index (χ4n) is 0.790. The Balaban J connectivity index is 4.09. The van der Waals surface area contributed by atoms with Crippen LogP contribution in [-0.2, 0) is 0 Å². The third-order valence-corrected chi connectivity index (χ3v) is 10.3. The molecule has 0 aromatic carbocycles. The summed E-state index contributed by atoms with van der Waals surface area (Å²) in [5, 5.41) is 0. The predicted molar refractivity (Wildman–Crippen MR) is 65.9 cm³/mol. The van der Waals surface area contributed by atoms with Crippen molar-refractivity contribution in [2.45, 2.75) is 36.6 Å². The molecule has 0 aliphatic carbocycles. The van der Waals surface area contributed by atoms with Crippen LogP contribution in [0.1, 0.15) is 27.7 Å². The van der Waals surface area contributed by atoms with Crippen LogP contribution in [0.15, 0.2) is 23.3 Å². The molecule has 0 aromatic heterocycles. The molecule has 0 saturated carbocycles. The van der Waals surface area contributed by atoms with Crippen molar-refractivity contribution in [2.75, 3.05) is 0 Å². The van der Waals surface area contributed by atoms with Crippen molar-refractivity contribution in [3.8, 4) is 0 Å². The molecule has 13 heavy (non-hydrogen) atoms. The molecule has 0 radical (unpaired) electrons. The Bertz CT molecular complexity index is 187. The summed E-state index contributed by atoms with van der Waals surface area (Å²) in [4.78, 5) is 0. The molecule has 0 nitrogen and oxygen atoms in total. The van der Waals surface area contributed by atoms with E-state index in [-0.39, 0.29) is 0 Å². The van der Waals surface area contributed by atoms with Crippen molar-refractivity contribution in [3.63, 3.8) is 0 Å². The standard InChI is InChI=1S/2C5H9.2ClH.Sn/c2*1-4-5(2)3;;;/h2*4H,1H2,2-3H3;2*1H;/q;;;;+2/p-2. The number of rotatable bonds is 4. The van der Waals surface area contributed by atoms with Crippen LogP contribution in [0, 0.1) is 0 Å². The van der Waals surface area contributed by atoms with Gasteiger partial charge in [0.1, 0.15) is 0 Å².